The van der Waals surface area contributed by atoms with Gasteiger partial charge >= 0.3 is 0 Å². The Labute approximate surface area is 134 Å². The predicted molar refractivity (Wildman–Crippen MR) is 90.2 cm³/mol. The first kappa shape index (κ1) is 16.2. The van der Waals surface area contributed by atoms with Crippen LogP contribution in [-0.4, -0.2) is 6.54 Å². The molecule has 1 N–H and O–H groups in total. The second-order valence-electron chi connectivity index (χ2n) is 5.40. The molecular formula is C18H21BrFN. The van der Waals surface area contributed by atoms with E-state index in [4.69, 9.17) is 0 Å². The molecule has 0 amide bonds. The van der Waals surface area contributed by atoms with Crippen molar-refractivity contribution in [1.82, 2.24) is 5.32 Å². The molecule has 0 aromatic heterocycles. The fourth-order valence-corrected chi connectivity index (χ4v) is 2.60. The molecule has 2 aromatic rings. The van der Waals surface area contributed by atoms with Gasteiger partial charge in [-0.15, -0.1) is 0 Å². The van der Waals surface area contributed by atoms with Crippen LogP contribution in [0.1, 0.15) is 41.6 Å². The van der Waals surface area contributed by atoms with Gasteiger partial charge in [0.2, 0.25) is 0 Å². The fourth-order valence-electron chi connectivity index (χ4n) is 2.35. The Kier molecular flexibility index (Phi) is 5.54. The van der Waals surface area contributed by atoms with Gasteiger partial charge in [0.15, 0.2) is 0 Å². The van der Waals surface area contributed by atoms with E-state index in [-0.39, 0.29) is 11.9 Å². The van der Waals surface area contributed by atoms with Crippen molar-refractivity contribution >= 4 is 15.9 Å². The molecule has 0 radical (unpaired) electrons. The summed E-state index contributed by atoms with van der Waals surface area (Å²) in [5.41, 5.74) is 3.99. The van der Waals surface area contributed by atoms with E-state index in [1.807, 2.05) is 12.1 Å². The Bertz CT molecular complexity index is 573. The number of hydrogen-bond acceptors (Lipinski definition) is 1. The molecule has 112 valence electrons. The topological polar surface area (TPSA) is 12.0 Å². The van der Waals surface area contributed by atoms with Crippen LogP contribution < -0.4 is 5.32 Å². The fraction of sp³-hybridized carbons (Fsp3) is 0.333. The van der Waals surface area contributed by atoms with E-state index in [1.165, 1.54) is 5.56 Å². The minimum absolute atomic E-state index is 0.0202. The van der Waals surface area contributed by atoms with Crippen molar-refractivity contribution in [2.75, 3.05) is 6.54 Å². The predicted octanol–water partition coefficient (Wildman–Crippen LogP) is 5.29. The summed E-state index contributed by atoms with van der Waals surface area (Å²) < 4.78 is 15.0. The maximum Gasteiger partial charge on any atom is 0.126 e. The van der Waals surface area contributed by atoms with Crippen LogP contribution in [0.15, 0.2) is 40.9 Å². The molecule has 0 spiro atoms. The van der Waals surface area contributed by atoms with E-state index < -0.39 is 0 Å². The summed E-state index contributed by atoms with van der Waals surface area (Å²) >= 11 is 3.53. The third kappa shape index (κ3) is 3.92. The Balaban J connectivity index is 2.41. The van der Waals surface area contributed by atoms with Gasteiger partial charge in [-0.1, -0.05) is 47.1 Å². The number of aryl methyl sites for hydroxylation is 2. The normalized spacial score (nSPS) is 12.4. The van der Waals surface area contributed by atoms with Crippen LogP contribution in [0.4, 0.5) is 4.39 Å². The zero-order chi connectivity index (χ0) is 15.4. The van der Waals surface area contributed by atoms with E-state index in [0.717, 1.165) is 28.6 Å². The molecule has 0 aliphatic carbocycles. The quantitative estimate of drug-likeness (QED) is 0.772. The number of benzene rings is 2. The average molecular weight is 350 g/mol. The van der Waals surface area contributed by atoms with Crippen molar-refractivity contribution in [2.24, 2.45) is 0 Å². The monoisotopic (exact) mass is 349 g/mol. The molecule has 21 heavy (non-hydrogen) atoms. The number of rotatable bonds is 5. The van der Waals surface area contributed by atoms with E-state index in [1.54, 1.807) is 13.0 Å². The standard InChI is InChI=1S/C18H21BrFN/c1-4-9-21-18(14-7-8-16(19)13(3)10-14)15-6-5-12(2)17(20)11-15/h5-8,10-11,18,21H,4,9H2,1-3H3. The molecule has 0 saturated heterocycles. The summed E-state index contributed by atoms with van der Waals surface area (Å²) in [6.07, 6.45) is 1.04. The maximum atomic E-state index is 13.9. The minimum atomic E-state index is -0.148. The van der Waals surface area contributed by atoms with Crippen molar-refractivity contribution in [3.8, 4) is 0 Å². The highest BCUT2D eigenvalue weighted by Gasteiger charge is 2.15. The zero-order valence-corrected chi connectivity index (χ0v) is 14.3. The van der Waals surface area contributed by atoms with E-state index in [0.29, 0.717) is 5.56 Å². The molecule has 3 heteroatoms. The number of nitrogens with one attached hydrogen (secondary N) is 1. The lowest BCUT2D eigenvalue weighted by molar-refractivity contribution is 0.582. The number of hydrogen-bond donors (Lipinski definition) is 1. The second-order valence-corrected chi connectivity index (χ2v) is 6.26. The Morgan fingerprint density at radius 3 is 2.33 bits per heavy atom. The van der Waals surface area contributed by atoms with Crippen LogP contribution >= 0.6 is 15.9 Å². The first-order chi connectivity index (χ1) is 10.0. The highest BCUT2D eigenvalue weighted by molar-refractivity contribution is 9.10. The van der Waals surface area contributed by atoms with Crippen LogP contribution in [-0.2, 0) is 0 Å². The van der Waals surface area contributed by atoms with Gasteiger partial charge < -0.3 is 5.32 Å². The maximum absolute atomic E-state index is 13.9. The first-order valence-corrected chi connectivity index (χ1v) is 8.07. The molecule has 1 nitrogen and oxygen atoms in total. The van der Waals surface area contributed by atoms with E-state index >= 15 is 0 Å². The van der Waals surface area contributed by atoms with Gasteiger partial charge in [0.25, 0.3) is 0 Å². The van der Waals surface area contributed by atoms with Gasteiger partial charge in [0, 0.05) is 4.47 Å². The summed E-state index contributed by atoms with van der Waals surface area (Å²) in [7, 11) is 0. The van der Waals surface area contributed by atoms with Crippen molar-refractivity contribution in [3.63, 3.8) is 0 Å². The lowest BCUT2D eigenvalue weighted by Crippen LogP contribution is -2.23. The summed E-state index contributed by atoms with van der Waals surface area (Å²) in [5.74, 6) is -0.148. The van der Waals surface area contributed by atoms with E-state index in [2.05, 4.69) is 53.3 Å². The van der Waals surface area contributed by atoms with Gasteiger partial charge in [-0.05, 0) is 61.2 Å². The Morgan fingerprint density at radius 2 is 1.71 bits per heavy atom. The molecule has 2 aromatic carbocycles. The smallest absolute Gasteiger partial charge is 0.126 e. The largest absolute Gasteiger partial charge is 0.306 e. The molecule has 1 unspecified atom stereocenters. The van der Waals surface area contributed by atoms with Gasteiger partial charge in [-0.2, -0.15) is 0 Å². The van der Waals surface area contributed by atoms with Gasteiger partial charge in [-0.3, -0.25) is 0 Å². The van der Waals surface area contributed by atoms with Crippen LogP contribution in [0.5, 0.6) is 0 Å². The van der Waals surface area contributed by atoms with Gasteiger partial charge in [0.05, 0.1) is 6.04 Å². The first-order valence-electron chi connectivity index (χ1n) is 7.28. The highest BCUT2D eigenvalue weighted by atomic mass is 79.9. The molecule has 0 bridgehead atoms. The van der Waals surface area contributed by atoms with Crippen LogP contribution in [0.25, 0.3) is 0 Å². The van der Waals surface area contributed by atoms with E-state index in [9.17, 15) is 4.39 Å². The molecule has 0 saturated carbocycles. The molecule has 2 rings (SSSR count). The lowest BCUT2D eigenvalue weighted by atomic mass is 9.96. The zero-order valence-electron chi connectivity index (χ0n) is 12.7. The number of halogens is 2. The highest BCUT2D eigenvalue weighted by Crippen LogP contribution is 2.27. The summed E-state index contributed by atoms with van der Waals surface area (Å²) in [5, 5.41) is 3.51. The average Bonchev–Trinajstić information content (AvgIpc) is 2.46. The van der Waals surface area contributed by atoms with Crippen molar-refractivity contribution in [2.45, 2.75) is 33.2 Å². The molecular weight excluding hydrogens is 329 g/mol. The molecule has 0 aliphatic rings. The van der Waals surface area contributed by atoms with Crippen molar-refractivity contribution in [3.05, 3.63) is 68.9 Å². The summed E-state index contributed by atoms with van der Waals surface area (Å²) in [6.45, 7) is 6.89. The van der Waals surface area contributed by atoms with Crippen LogP contribution in [0.2, 0.25) is 0 Å². The summed E-state index contributed by atoms with van der Waals surface area (Å²) in [4.78, 5) is 0. The summed E-state index contributed by atoms with van der Waals surface area (Å²) in [6, 6.07) is 11.8. The molecule has 0 aliphatic heterocycles. The SMILES string of the molecule is CCCNC(c1ccc(Br)c(C)c1)c1ccc(C)c(F)c1. The van der Waals surface area contributed by atoms with Crippen molar-refractivity contribution < 1.29 is 4.39 Å². The molecule has 0 fully saturated rings. The Morgan fingerprint density at radius 1 is 1.05 bits per heavy atom. The van der Waals surface area contributed by atoms with Gasteiger partial charge in [-0.25, -0.2) is 4.39 Å². The minimum Gasteiger partial charge on any atom is -0.306 e. The molecule has 1 atom stereocenters. The second kappa shape index (κ2) is 7.19. The Hall–Kier alpha value is -1.19. The third-order valence-electron chi connectivity index (χ3n) is 3.64. The van der Waals surface area contributed by atoms with Crippen LogP contribution in [0, 0.1) is 19.7 Å². The van der Waals surface area contributed by atoms with Crippen LogP contribution in [0.3, 0.4) is 0 Å². The van der Waals surface area contributed by atoms with Crippen molar-refractivity contribution in [1.29, 1.82) is 0 Å². The lowest BCUT2D eigenvalue weighted by Gasteiger charge is -2.21. The third-order valence-corrected chi connectivity index (χ3v) is 4.53. The molecule has 0 heterocycles. The van der Waals surface area contributed by atoms with Gasteiger partial charge in [0.1, 0.15) is 5.82 Å².